The number of sulfone groups is 3. The number of nitrogens with one attached hydrogen (secondary N) is 2. The largest absolute Gasteiger partial charge is 0.497 e. The van der Waals surface area contributed by atoms with Crippen LogP contribution in [0.25, 0.3) is 40.2 Å². The minimum atomic E-state index is -4.68. The number of ether oxygens (including phenoxy) is 4. The van der Waals surface area contributed by atoms with Crippen LogP contribution in [-0.2, 0) is 54.8 Å². The Morgan fingerprint density at radius 3 is 1.52 bits per heavy atom. The maximum Gasteiger partial charge on any atom is 0.435 e. The lowest BCUT2D eigenvalue weighted by molar-refractivity contribution is -0.141. The smallest absolute Gasteiger partial charge is 0.435 e. The van der Waals surface area contributed by atoms with Crippen molar-refractivity contribution in [3.05, 3.63) is 139 Å². The Morgan fingerprint density at radius 2 is 1.09 bits per heavy atom. The zero-order chi connectivity index (χ0) is 56.3. The fourth-order valence-corrected chi connectivity index (χ4v) is 9.02. The third kappa shape index (κ3) is 16.0. The van der Waals surface area contributed by atoms with Crippen LogP contribution in [-0.4, -0.2) is 113 Å². The molecule has 0 spiro atoms. The Balaban J connectivity index is 0.000000252. The van der Waals surface area contributed by atoms with Crippen molar-refractivity contribution in [3.8, 4) is 39.6 Å². The van der Waals surface area contributed by atoms with Crippen molar-refractivity contribution in [3.63, 3.8) is 0 Å². The molecule has 3 heterocycles. The summed E-state index contributed by atoms with van der Waals surface area (Å²) < 4.78 is 135. The van der Waals surface area contributed by atoms with Crippen LogP contribution in [0, 0.1) is 0 Å². The molecule has 0 radical (unpaired) electrons. The number of methoxy groups -OCH3 is 2. The molecule has 0 saturated carbocycles. The van der Waals surface area contributed by atoms with Gasteiger partial charge in [0.05, 0.1) is 37.2 Å². The summed E-state index contributed by atoms with van der Waals surface area (Å²) in [5.41, 5.74) is 2.36. The molecule has 20 nitrogen and oxygen atoms in total. The van der Waals surface area contributed by atoms with Crippen LogP contribution in [0.15, 0.2) is 137 Å². The number of hydrogen-bond donors (Lipinski definition) is 2. The van der Waals surface area contributed by atoms with E-state index in [9.17, 15) is 48.0 Å². The Hall–Kier alpha value is -8.49. The molecule has 0 atom stereocenters. The van der Waals surface area contributed by atoms with E-state index < -0.39 is 53.3 Å². The Morgan fingerprint density at radius 1 is 0.623 bits per heavy atom. The molecule has 7 aromatic rings. The highest BCUT2D eigenvalue weighted by atomic mass is 32.2. The lowest BCUT2D eigenvalue weighted by Gasteiger charge is -2.13. The molecule has 0 bridgehead atoms. The second-order valence-corrected chi connectivity index (χ2v) is 22.2. The number of carbonyl (C=O) groups excluding carboxylic acids is 2. The number of halogens is 3. The fraction of sp³-hybridized carbons (Fsp3) is 0.196. The first-order chi connectivity index (χ1) is 36.3. The Kier molecular flexibility index (Phi) is 18.4. The summed E-state index contributed by atoms with van der Waals surface area (Å²) in [5, 5.41) is 9.16. The van der Waals surface area contributed by atoms with Crippen molar-refractivity contribution >= 4 is 76.9 Å². The Bertz CT molecular complexity index is 3740. The van der Waals surface area contributed by atoms with E-state index in [1.165, 1.54) is 81.2 Å². The molecular weight excluding hydrogens is 1070 g/mol. The number of aromatic nitrogens is 6. The number of hydrogen-bond acceptors (Lipinski definition) is 19. The number of nitrogens with zero attached hydrogens (tertiary/aromatic N) is 6. The lowest BCUT2D eigenvalue weighted by atomic mass is 10.0. The van der Waals surface area contributed by atoms with Crippen molar-refractivity contribution in [2.75, 3.05) is 56.8 Å². The van der Waals surface area contributed by atoms with Gasteiger partial charge in [-0.15, -0.1) is 0 Å². The highest BCUT2D eigenvalue weighted by Crippen LogP contribution is 2.33. The lowest BCUT2D eigenvalue weighted by Crippen LogP contribution is -2.10. The summed E-state index contributed by atoms with van der Waals surface area (Å²) in [6, 6.07) is 23.0. The van der Waals surface area contributed by atoms with Gasteiger partial charge in [0.1, 0.15) is 11.5 Å². The van der Waals surface area contributed by atoms with Crippen LogP contribution in [0.1, 0.15) is 30.7 Å². The Labute approximate surface area is 441 Å². The van der Waals surface area contributed by atoms with E-state index in [1.807, 2.05) is 0 Å². The average molecular weight is 1120 g/mol. The van der Waals surface area contributed by atoms with Gasteiger partial charge < -0.3 is 29.6 Å². The van der Waals surface area contributed by atoms with Crippen LogP contribution in [0.3, 0.4) is 0 Å². The average Bonchev–Trinajstić information content (AvgIpc) is 3.90. The van der Waals surface area contributed by atoms with E-state index in [0.29, 0.717) is 33.5 Å². The molecule has 404 valence electrons. The van der Waals surface area contributed by atoms with Gasteiger partial charge in [-0.05, 0) is 90.7 Å². The van der Waals surface area contributed by atoms with E-state index in [0.717, 1.165) is 35.7 Å². The van der Waals surface area contributed by atoms with E-state index in [1.54, 1.807) is 68.5 Å². The quantitative estimate of drug-likeness (QED) is 0.0464. The first-order valence-corrected chi connectivity index (χ1v) is 28.3. The fourth-order valence-electron chi connectivity index (χ4n) is 6.85. The van der Waals surface area contributed by atoms with Gasteiger partial charge in [-0.3, -0.25) is 0 Å². The van der Waals surface area contributed by atoms with E-state index in [-0.39, 0.29) is 68.5 Å². The summed E-state index contributed by atoms with van der Waals surface area (Å²) in [4.78, 5) is 40.5. The summed E-state index contributed by atoms with van der Waals surface area (Å²) in [5.74, 6) is -0.560. The van der Waals surface area contributed by atoms with Crippen LogP contribution < -0.4 is 20.1 Å². The first kappa shape index (κ1) is 57.8. The van der Waals surface area contributed by atoms with Gasteiger partial charge in [-0.1, -0.05) is 36.4 Å². The van der Waals surface area contributed by atoms with E-state index >= 15 is 0 Å². The minimum Gasteiger partial charge on any atom is -0.497 e. The molecule has 0 aliphatic carbocycles. The predicted molar refractivity (Wildman–Crippen MR) is 280 cm³/mol. The standard InChI is InChI=1S/C27H24F3N5O5S.C24H25N3O7S2/c1-4-40-24(36)9-8-17-6-5-7-18(12-17)22-16-31-26(33-25(22)35-11-10-23(34-35)27(28,29)30)32-19-13-20(39-2)15-21(14-19)41(3,37)38;1-5-34-22(28)10-9-16-7-6-8-17(11-16)21-15-25-24(27-23(21)36(4,31)32)26-18-12-19(33-2)14-20(13-18)35(3,29)30/h5-16H,4H2,1-3H3,(H,31,32,33);6-15H,5H2,1-4H3,(H,25,26,27)/b9-8+;10-9+. The van der Waals surface area contributed by atoms with Crippen molar-refractivity contribution in [2.45, 2.75) is 34.8 Å². The number of esters is 2. The van der Waals surface area contributed by atoms with Gasteiger partial charge in [0.15, 0.2) is 46.0 Å². The topological polar surface area (TPSA) is 267 Å². The van der Waals surface area contributed by atoms with Gasteiger partial charge in [0.25, 0.3) is 0 Å². The number of benzene rings is 4. The second kappa shape index (κ2) is 24.5. The van der Waals surface area contributed by atoms with Crippen LogP contribution in [0.5, 0.6) is 11.5 Å². The van der Waals surface area contributed by atoms with Crippen LogP contribution in [0.4, 0.5) is 36.4 Å². The molecule has 0 fully saturated rings. The maximum atomic E-state index is 13.3. The first-order valence-electron chi connectivity index (χ1n) is 22.6. The molecule has 0 aliphatic heterocycles. The monoisotopic (exact) mass is 1120 g/mol. The van der Waals surface area contributed by atoms with Crippen molar-refractivity contribution in [2.24, 2.45) is 0 Å². The van der Waals surface area contributed by atoms with Gasteiger partial charge in [0, 0.05) is 84.1 Å². The number of anilines is 4. The predicted octanol–water partition coefficient (Wildman–Crippen LogP) is 8.36. The summed E-state index contributed by atoms with van der Waals surface area (Å²) in [7, 11) is -8.14. The SMILES string of the molecule is CCOC(=O)/C=C/c1cccc(-c2cnc(Nc3cc(OC)cc(S(C)(=O)=O)c3)nc2-n2ccc(C(F)(F)F)n2)c1.CCOC(=O)/C=C/c1cccc(-c2cnc(Nc3cc(OC)cc(S(C)(=O)=O)c3)nc2S(C)(=O)=O)c1. The minimum absolute atomic E-state index is 0.00996. The zero-order valence-corrected chi connectivity index (χ0v) is 44.5. The molecule has 0 saturated heterocycles. The summed E-state index contributed by atoms with van der Waals surface area (Å²) in [6.07, 6.45) is 7.96. The maximum absolute atomic E-state index is 13.3. The second-order valence-electron chi connectivity index (χ2n) is 16.3. The van der Waals surface area contributed by atoms with Crippen LogP contribution >= 0.6 is 0 Å². The van der Waals surface area contributed by atoms with Crippen molar-refractivity contribution < 1.29 is 67.0 Å². The highest BCUT2D eigenvalue weighted by Gasteiger charge is 2.34. The summed E-state index contributed by atoms with van der Waals surface area (Å²) >= 11 is 0. The molecule has 0 amide bonds. The van der Waals surface area contributed by atoms with Crippen molar-refractivity contribution in [1.82, 2.24) is 29.7 Å². The normalized spacial score (nSPS) is 11.9. The molecule has 7 rings (SSSR count). The third-order valence-electron chi connectivity index (χ3n) is 10.4. The van der Waals surface area contributed by atoms with Gasteiger partial charge in [-0.25, -0.2) is 54.5 Å². The molecule has 0 aliphatic rings. The molecule has 4 aromatic carbocycles. The zero-order valence-electron chi connectivity index (χ0n) is 42.1. The van der Waals surface area contributed by atoms with Gasteiger partial charge in [0.2, 0.25) is 11.9 Å². The summed E-state index contributed by atoms with van der Waals surface area (Å²) in [6.45, 7) is 3.87. The number of rotatable bonds is 18. The number of carbonyl (C=O) groups is 2. The van der Waals surface area contributed by atoms with Crippen LogP contribution in [0.2, 0.25) is 0 Å². The number of alkyl halides is 3. The molecule has 26 heteroatoms. The molecule has 77 heavy (non-hydrogen) atoms. The van der Waals surface area contributed by atoms with E-state index in [4.69, 9.17) is 18.9 Å². The highest BCUT2D eigenvalue weighted by molar-refractivity contribution is 7.91. The molecule has 2 N–H and O–H groups in total. The van der Waals surface area contributed by atoms with Crippen molar-refractivity contribution in [1.29, 1.82) is 0 Å². The molecule has 0 unspecified atom stereocenters. The van der Waals surface area contributed by atoms with Gasteiger partial charge in [-0.2, -0.15) is 23.3 Å². The van der Waals surface area contributed by atoms with Gasteiger partial charge >= 0.3 is 18.1 Å². The molecular formula is C51H49F3N8O12S3. The molecule has 3 aromatic heterocycles. The third-order valence-corrected chi connectivity index (χ3v) is 13.6. The van der Waals surface area contributed by atoms with E-state index in [2.05, 4.69) is 35.7 Å².